The molecule has 0 radical (unpaired) electrons. The zero-order valence-electron chi connectivity index (χ0n) is 10.3. The molecule has 0 saturated heterocycles. The van der Waals surface area contributed by atoms with Crippen LogP contribution in [0.4, 0.5) is 0 Å². The van der Waals surface area contributed by atoms with E-state index >= 15 is 0 Å². The van der Waals surface area contributed by atoms with Crippen LogP contribution >= 0.6 is 0 Å². The van der Waals surface area contributed by atoms with Crippen molar-refractivity contribution in [1.29, 1.82) is 0 Å². The topological polar surface area (TPSA) is 17.1 Å². The van der Waals surface area contributed by atoms with Gasteiger partial charge in [0.15, 0.2) is 0 Å². The Morgan fingerprint density at radius 1 is 1.36 bits per heavy atom. The maximum absolute atomic E-state index is 11.4. The van der Waals surface area contributed by atoms with Crippen molar-refractivity contribution in [1.82, 2.24) is 0 Å². The first kappa shape index (κ1) is 11.7. The minimum Gasteiger partial charge on any atom is -0.300 e. The summed E-state index contributed by atoms with van der Waals surface area (Å²) in [5.74, 6) is 1.06. The molecule has 0 N–H and O–H groups in total. The molecule has 1 fully saturated rings. The van der Waals surface area contributed by atoms with E-state index in [9.17, 15) is 4.79 Å². The molecule has 0 aromatic heterocycles. The molecule has 0 bridgehead atoms. The molecule has 0 aliphatic heterocycles. The third-order valence-electron chi connectivity index (χ3n) is 3.49. The van der Waals surface area contributed by atoms with E-state index in [0.29, 0.717) is 22.5 Å². The Morgan fingerprint density at radius 3 is 2.43 bits per heavy atom. The van der Waals surface area contributed by atoms with Gasteiger partial charge in [-0.2, -0.15) is 0 Å². The highest BCUT2D eigenvalue weighted by molar-refractivity contribution is 5.79. The third-order valence-corrected chi connectivity index (χ3v) is 3.49. The van der Waals surface area contributed by atoms with E-state index in [2.05, 4.69) is 34.6 Å². The van der Waals surface area contributed by atoms with Gasteiger partial charge in [-0.05, 0) is 29.6 Å². The van der Waals surface area contributed by atoms with Crippen molar-refractivity contribution in [3.63, 3.8) is 0 Å². The van der Waals surface area contributed by atoms with E-state index < -0.39 is 0 Å². The average molecular weight is 196 g/mol. The van der Waals surface area contributed by atoms with Gasteiger partial charge < -0.3 is 0 Å². The van der Waals surface area contributed by atoms with Crippen LogP contribution in [0.5, 0.6) is 0 Å². The first-order valence-electron chi connectivity index (χ1n) is 5.72. The third kappa shape index (κ3) is 3.11. The summed E-state index contributed by atoms with van der Waals surface area (Å²) < 4.78 is 0. The van der Waals surface area contributed by atoms with Gasteiger partial charge in [-0.3, -0.25) is 4.79 Å². The summed E-state index contributed by atoms with van der Waals surface area (Å²) >= 11 is 0. The second-order valence-corrected chi connectivity index (χ2v) is 6.69. The molecule has 0 amide bonds. The van der Waals surface area contributed by atoms with E-state index in [1.165, 1.54) is 6.42 Å². The number of ketones is 1. The van der Waals surface area contributed by atoms with Crippen molar-refractivity contribution in [2.45, 2.75) is 60.3 Å². The molecular weight excluding hydrogens is 172 g/mol. The SMILES string of the molecule is CC(C)(C)CC1CC(=O)CCC1(C)C. The van der Waals surface area contributed by atoms with E-state index in [1.54, 1.807) is 0 Å². The van der Waals surface area contributed by atoms with Gasteiger partial charge >= 0.3 is 0 Å². The highest BCUT2D eigenvalue weighted by Gasteiger charge is 2.37. The molecule has 1 nitrogen and oxygen atoms in total. The molecule has 0 heterocycles. The Bertz CT molecular complexity index is 220. The van der Waals surface area contributed by atoms with E-state index in [1.807, 2.05) is 0 Å². The molecule has 0 spiro atoms. The highest BCUT2D eigenvalue weighted by atomic mass is 16.1. The minimum atomic E-state index is 0.347. The number of carbonyl (C=O) groups excluding carboxylic acids is 1. The molecule has 1 atom stereocenters. The van der Waals surface area contributed by atoms with Crippen LogP contribution in [0.1, 0.15) is 60.3 Å². The number of hydrogen-bond acceptors (Lipinski definition) is 1. The van der Waals surface area contributed by atoms with Gasteiger partial charge in [0.2, 0.25) is 0 Å². The maximum Gasteiger partial charge on any atom is 0.133 e. The molecule has 1 aliphatic carbocycles. The summed E-state index contributed by atoms with van der Waals surface area (Å²) in [6.45, 7) is 11.4. The second kappa shape index (κ2) is 3.67. The summed E-state index contributed by atoms with van der Waals surface area (Å²) in [7, 11) is 0. The number of hydrogen-bond donors (Lipinski definition) is 0. The fraction of sp³-hybridized carbons (Fsp3) is 0.923. The van der Waals surface area contributed by atoms with Crippen molar-refractivity contribution < 1.29 is 4.79 Å². The quantitative estimate of drug-likeness (QED) is 0.623. The number of Topliss-reactive ketones (excluding diaryl/α,β-unsaturated/α-hetero) is 1. The minimum absolute atomic E-state index is 0.347. The van der Waals surface area contributed by atoms with Gasteiger partial charge in [-0.25, -0.2) is 0 Å². The molecule has 82 valence electrons. The van der Waals surface area contributed by atoms with Gasteiger partial charge in [-0.1, -0.05) is 34.6 Å². The van der Waals surface area contributed by atoms with E-state index in [-0.39, 0.29) is 0 Å². The van der Waals surface area contributed by atoms with Crippen LogP contribution in [-0.2, 0) is 4.79 Å². The van der Waals surface area contributed by atoms with Crippen molar-refractivity contribution in [3.05, 3.63) is 0 Å². The van der Waals surface area contributed by atoms with Crippen LogP contribution in [-0.4, -0.2) is 5.78 Å². The molecule has 1 heteroatoms. The normalized spacial score (nSPS) is 27.8. The highest BCUT2D eigenvalue weighted by Crippen LogP contribution is 2.44. The molecule has 1 aliphatic rings. The van der Waals surface area contributed by atoms with Gasteiger partial charge in [0.05, 0.1) is 0 Å². The largest absolute Gasteiger partial charge is 0.300 e. The molecular formula is C13H24O. The van der Waals surface area contributed by atoms with Crippen LogP contribution in [0.15, 0.2) is 0 Å². The van der Waals surface area contributed by atoms with Gasteiger partial charge in [0, 0.05) is 12.8 Å². The molecule has 0 aromatic rings. The lowest BCUT2D eigenvalue weighted by atomic mass is 9.64. The summed E-state index contributed by atoms with van der Waals surface area (Å²) in [5, 5.41) is 0. The van der Waals surface area contributed by atoms with Gasteiger partial charge in [0.25, 0.3) is 0 Å². The zero-order chi connectivity index (χ0) is 11.0. The van der Waals surface area contributed by atoms with Crippen molar-refractivity contribution in [2.24, 2.45) is 16.7 Å². The first-order chi connectivity index (χ1) is 6.21. The van der Waals surface area contributed by atoms with Gasteiger partial charge in [-0.15, -0.1) is 0 Å². The smallest absolute Gasteiger partial charge is 0.133 e. The molecule has 0 aromatic carbocycles. The molecule has 1 rings (SSSR count). The predicted octanol–water partition coefficient (Wildman–Crippen LogP) is 3.82. The summed E-state index contributed by atoms with van der Waals surface area (Å²) in [6.07, 6.45) is 3.86. The Labute approximate surface area is 88.3 Å². The van der Waals surface area contributed by atoms with Crippen LogP contribution in [0, 0.1) is 16.7 Å². The average Bonchev–Trinajstić information content (AvgIpc) is 1.95. The maximum atomic E-state index is 11.4. The summed E-state index contributed by atoms with van der Waals surface area (Å²) in [6, 6.07) is 0. The zero-order valence-corrected chi connectivity index (χ0v) is 10.3. The van der Waals surface area contributed by atoms with Crippen LogP contribution in [0.3, 0.4) is 0 Å². The lowest BCUT2D eigenvalue weighted by Gasteiger charge is -2.41. The van der Waals surface area contributed by atoms with E-state index in [4.69, 9.17) is 0 Å². The fourth-order valence-corrected chi connectivity index (χ4v) is 2.41. The van der Waals surface area contributed by atoms with Gasteiger partial charge in [0.1, 0.15) is 5.78 Å². The van der Waals surface area contributed by atoms with Crippen LogP contribution in [0.2, 0.25) is 0 Å². The van der Waals surface area contributed by atoms with Crippen LogP contribution in [0.25, 0.3) is 0 Å². The second-order valence-electron chi connectivity index (χ2n) is 6.69. The standard InChI is InChI=1S/C13H24O/c1-12(2,3)9-10-8-11(14)6-7-13(10,4)5/h10H,6-9H2,1-5H3. The monoisotopic (exact) mass is 196 g/mol. The molecule has 14 heavy (non-hydrogen) atoms. The fourth-order valence-electron chi connectivity index (χ4n) is 2.41. The lowest BCUT2D eigenvalue weighted by molar-refractivity contribution is -0.125. The van der Waals surface area contributed by atoms with Crippen molar-refractivity contribution in [3.8, 4) is 0 Å². The Balaban J connectivity index is 2.68. The van der Waals surface area contributed by atoms with Crippen LogP contribution < -0.4 is 0 Å². The lowest BCUT2D eigenvalue weighted by Crippen LogP contribution is -2.34. The van der Waals surface area contributed by atoms with Crippen molar-refractivity contribution >= 4 is 5.78 Å². The number of carbonyl (C=O) groups is 1. The number of rotatable bonds is 1. The van der Waals surface area contributed by atoms with Crippen molar-refractivity contribution in [2.75, 3.05) is 0 Å². The predicted molar refractivity (Wildman–Crippen MR) is 60.2 cm³/mol. The Kier molecular flexibility index (Phi) is 3.08. The summed E-state index contributed by atoms with van der Waals surface area (Å²) in [4.78, 5) is 11.4. The summed E-state index contributed by atoms with van der Waals surface area (Å²) in [5.41, 5.74) is 0.709. The van der Waals surface area contributed by atoms with E-state index in [0.717, 1.165) is 19.3 Å². The molecule has 1 unspecified atom stereocenters. The molecule has 1 saturated carbocycles. The Hall–Kier alpha value is -0.330. The Morgan fingerprint density at radius 2 is 1.93 bits per heavy atom. The first-order valence-corrected chi connectivity index (χ1v) is 5.72.